The fraction of sp³-hybridized carbons (Fsp3) is 0.316. The van der Waals surface area contributed by atoms with Gasteiger partial charge < -0.3 is 10.6 Å². The second-order valence-corrected chi connectivity index (χ2v) is 8.41. The molecule has 1 amide bonds. The Morgan fingerprint density at radius 1 is 0.960 bits per heavy atom. The molecule has 0 atom stereocenters. The van der Waals surface area contributed by atoms with Gasteiger partial charge in [-0.2, -0.15) is 0 Å². The average Bonchev–Trinajstić information content (AvgIpc) is 2.50. The molecule has 134 valence electrons. The van der Waals surface area contributed by atoms with Crippen molar-refractivity contribution in [2.24, 2.45) is 0 Å². The van der Waals surface area contributed by atoms with E-state index >= 15 is 0 Å². The minimum Gasteiger partial charge on any atom is -0.376 e. The first kappa shape index (κ1) is 19.0. The molecule has 0 heterocycles. The van der Waals surface area contributed by atoms with Crippen molar-refractivity contribution < 1.29 is 13.2 Å². The molecule has 0 aromatic heterocycles. The Labute approximate surface area is 149 Å². The number of aryl methyl sites for hydroxylation is 3. The largest absolute Gasteiger partial charge is 0.376 e. The highest BCUT2D eigenvalue weighted by Crippen LogP contribution is 2.25. The highest BCUT2D eigenvalue weighted by Gasteiger charge is 2.15. The SMILES string of the molecule is Cc1ccc(C)c(NC(=O)CNc2cc(C)cc(S(C)(=O)=O)c2C)c1. The van der Waals surface area contributed by atoms with Crippen LogP contribution in [-0.4, -0.2) is 27.1 Å². The number of rotatable bonds is 5. The molecule has 2 rings (SSSR count). The quantitative estimate of drug-likeness (QED) is 0.857. The summed E-state index contributed by atoms with van der Waals surface area (Å²) in [7, 11) is -3.32. The molecule has 0 aliphatic carbocycles. The number of carbonyl (C=O) groups is 1. The summed E-state index contributed by atoms with van der Waals surface area (Å²) >= 11 is 0. The van der Waals surface area contributed by atoms with Gasteiger partial charge in [0.1, 0.15) is 0 Å². The summed E-state index contributed by atoms with van der Waals surface area (Å²) in [5.41, 5.74) is 4.93. The maximum Gasteiger partial charge on any atom is 0.243 e. The summed E-state index contributed by atoms with van der Waals surface area (Å²) < 4.78 is 23.8. The lowest BCUT2D eigenvalue weighted by atomic mass is 10.1. The molecule has 0 radical (unpaired) electrons. The Morgan fingerprint density at radius 2 is 1.60 bits per heavy atom. The second kappa shape index (κ2) is 7.27. The minimum absolute atomic E-state index is 0.0564. The van der Waals surface area contributed by atoms with Gasteiger partial charge in [0, 0.05) is 17.6 Å². The van der Waals surface area contributed by atoms with Crippen molar-refractivity contribution in [1.29, 1.82) is 0 Å². The zero-order valence-corrected chi connectivity index (χ0v) is 16.0. The van der Waals surface area contributed by atoms with E-state index in [4.69, 9.17) is 0 Å². The van der Waals surface area contributed by atoms with E-state index in [1.54, 1.807) is 13.0 Å². The zero-order chi connectivity index (χ0) is 18.8. The molecular weight excluding hydrogens is 336 g/mol. The predicted octanol–water partition coefficient (Wildman–Crippen LogP) is 3.37. The molecule has 5 nitrogen and oxygen atoms in total. The molecule has 0 fully saturated rings. The lowest BCUT2D eigenvalue weighted by Gasteiger charge is -2.15. The van der Waals surface area contributed by atoms with Crippen LogP contribution in [0.3, 0.4) is 0 Å². The minimum atomic E-state index is -3.32. The summed E-state index contributed by atoms with van der Waals surface area (Å²) in [5, 5.41) is 5.92. The van der Waals surface area contributed by atoms with E-state index in [9.17, 15) is 13.2 Å². The monoisotopic (exact) mass is 360 g/mol. The van der Waals surface area contributed by atoms with E-state index in [0.717, 1.165) is 22.4 Å². The summed E-state index contributed by atoms with van der Waals surface area (Å²) in [6.07, 6.45) is 1.19. The standard InChI is InChI=1S/C19H24N2O3S/c1-12-6-7-14(3)16(8-12)21-19(22)11-20-17-9-13(2)10-18(15(17)4)25(5,23)24/h6-10,20H,11H2,1-5H3,(H,21,22). The second-order valence-electron chi connectivity index (χ2n) is 6.43. The van der Waals surface area contributed by atoms with Crippen LogP contribution < -0.4 is 10.6 Å². The van der Waals surface area contributed by atoms with Gasteiger partial charge in [-0.15, -0.1) is 0 Å². The van der Waals surface area contributed by atoms with Gasteiger partial charge in [-0.1, -0.05) is 12.1 Å². The van der Waals surface area contributed by atoms with Gasteiger partial charge >= 0.3 is 0 Å². The molecular formula is C19H24N2O3S. The van der Waals surface area contributed by atoms with Gasteiger partial charge in [0.15, 0.2) is 9.84 Å². The Balaban J connectivity index is 2.15. The first-order valence-corrected chi connectivity index (χ1v) is 9.89. The first-order chi connectivity index (χ1) is 11.6. The van der Waals surface area contributed by atoms with Crippen LogP contribution in [0.5, 0.6) is 0 Å². The topological polar surface area (TPSA) is 75.3 Å². The molecule has 0 aliphatic rings. The molecule has 0 unspecified atom stereocenters. The molecule has 0 bridgehead atoms. The van der Waals surface area contributed by atoms with Crippen LogP contribution in [0, 0.1) is 27.7 Å². The van der Waals surface area contributed by atoms with Gasteiger partial charge in [-0.25, -0.2) is 8.42 Å². The molecule has 25 heavy (non-hydrogen) atoms. The first-order valence-electron chi connectivity index (χ1n) is 8.00. The van der Waals surface area contributed by atoms with Gasteiger partial charge in [0.2, 0.25) is 5.91 Å². The molecule has 0 saturated carbocycles. The third-order valence-electron chi connectivity index (χ3n) is 4.01. The van der Waals surface area contributed by atoms with Crippen molar-refractivity contribution in [3.05, 3.63) is 52.6 Å². The fourth-order valence-corrected chi connectivity index (χ4v) is 3.70. The van der Waals surface area contributed by atoms with Crippen LogP contribution in [0.4, 0.5) is 11.4 Å². The third kappa shape index (κ3) is 4.82. The lowest BCUT2D eigenvalue weighted by molar-refractivity contribution is -0.114. The number of carbonyl (C=O) groups excluding carboxylic acids is 1. The highest BCUT2D eigenvalue weighted by atomic mass is 32.2. The molecule has 2 aromatic carbocycles. The number of hydrogen-bond donors (Lipinski definition) is 2. The number of sulfone groups is 1. The smallest absolute Gasteiger partial charge is 0.243 e. The number of benzene rings is 2. The summed E-state index contributed by atoms with van der Waals surface area (Å²) in [6.45, 7) is 7.53. The molecule has 2 N–H and O–H groups in total. The lowest BCUT2D eigenvalue weighted by Crippen LogP contribution is -2.22. The van der Waals surface area contributed by atoms with Crippen LogP contribution in [0.15, 0.2) is 35.2 Å². The fourth-order valence-electron chi connectivity index (χ4n) is 2.63. The third-order valence-corrected chi connectivity index (χ3v) is 5.23. The normalized spacial score (nSPS) is 11.2. The van der Waals surface area contributed by atoms with E-state index in [-0.39, 0.29) is 17.3 Å². The molecule has 2 aromatic rings. The van der Waals surface area contributed by atoms with Gasteiger partial charge in [0.05, 0.1) is 11.4 Å². The number of anilines is 2. The highest BCUT2D eigenvalue weighted by molar-refractivity contribution is 7.90. The van der Waals surface area contributed by atoms with Crippen molar-refractivity contribution in [2.75, 3.05) is 23.4 Å². The van der Waals surface area contributed by atoms with E-state index in [2.05, 4.69) is 10.6 Å². The molecule has 0 spiro atoms. The van der Waals surface area contributed by atoms with Gasteiger partial charge in [-0.3, -0.25) is 4.79 Å². The van der Waals surface area contributed by atoms with Gasteiger partial charge in [0.25, 0.3) is 0 Å². The maximum absolute atomic E-state index is 12.2. The zero-order valence-electron chi connectivity index (χ0n) is 15.2. The van der Waals surface area contributed by atoms with Crippen LogP contribution in [0.1, 0.15) is 22.3 Å². The molecule has 0 aliphatic heterocycles. The Hall–Kier alpha value is -2.34. The van der Waals surface area contributed by atoms with Crippen LogP contribution in [0.2, 0.25) is 0 Å². The summed E-state index contributed by atoms with van der Waals surface area (Å²) in [4.78, 5) is 12.5. The van der Waals surface area contributed by atoms with Crippen molar-refractivity contribution in [2.45, 2.75) is 32.6 Å². The number of nitrogens with one attached hydrogen (secondary N) is 2. The van der Waals surface area contributed by atoms with Crippen LogP contribution >= 0.6 is 0 Å². The molecule has 6 heteroatoms. The van der Waals surface area contributed by atoms with Crippen molar-refractivity contribution in [3.8, 4) is 0 Å². The van der Waals surface area contributed by atoms with E-state index in [1.807, 2.05) is 45.0 Å². The van der Waals surface area contributed by atoms with Crippen LogP contribution in [-0.2, 0) is 14.6 Å². The van der Waals surface area contributed by atoms with Gasteiger partial charge in [-0.05, 0) is 68.1 Å². The molecule has 0 saturated heterocycles. The number of hydrogen-bond acceptors (Lipinski definition) is 4. The average molecular weight is 360 g/mol. The Morgan fingerprint density at radius 3 is 2.24 bits per heavy atom. The van der Waals surface area contributed by atoms with Crippen molar-refractivity contribution in [1.82, 2.24) is 0 Å². The Bertz CT molecular complexity index is 919. The maximum atomic E-state index is 12.2. The predicted molar refractivity (Wildman–Crippen MR) is 102 cm³/mol. The summed E-state index contributed by atoms with van der Waals surface area (Å²) in [6, 6.07) is 9.36. The van der Waals surface area contributed by atoms with Crippen molar-refractivity contribution >= 4 is 27.1 Å². The van der Waals surface area contributed by atoms with E-state index < -0.39 is 9.84 Å². The van der Waals surface area contributed by atoms with E-state index in [1.165, 1.54) is 6.26 Å². The number of amides is 1. The van der Waals surface area contributed by atoms with Crippen molar-refractivity contribution in [3.63, 3.8) is 0 Å². The van der Waals surface area contributed by atoms with E-state index in [0.29, 0.717) is 11.3 Å². The Kier molecular flexibility index (Phi) is 5.52. The van der Waals surface area contributed by atoms with Crippen LogP contribution in [0.25, 0.3) is 0 Å². The summed E-state index contributed by atoms with van der Waals surface area (Å²) in [5.74, 6) is -0.185.